The van der Waals surface area contributed by atoms with Crippen LogP contribution in [0.25, 0.3) is 0 Å². The van der Waals surface area contributed by atoms with Crippen LogP contribution in [0.1, 0.15) is 50.5 Å². The van der Waals surface area contributed by atoms with E-state index in [0.717, 1.165) is 25.0 Å². The van der Waals surface area contributed by atoms with Crippen LogP contribution in [0.3, 0.4) is 0 Å². The van der Waals surface area contributed by atoms with Gasteiger partial charge in [-0.25, -0.2) is 0 Å². The summed E-state index contributed by atoms with van der Waals surface area (Å²) in [5, 5.41) is 4.49. The van der Waals surface area contributed by atoms with Gasteiger partial charge in [0.2, 0.25) is 0 Å². The van der Waals surface area contributed by atoms with Crippen molar-refractivity contribution in [1.82, 2.24) is 4.90 Å². The van der Waals surface area contributed by atoms with Crippen molar-refractivity contribution in [2.75, 3.05) is 6.54 Å². The predicted octanol–water partition coefficient (Wildman–Crippen LogP) is 3.62. The Balaban J connectivity index is 1.69. The third kappa shape index (κ3) is 3.39. The maximum atomic E-state index is 6.16. The van der Waals surface area contributed by atoms with Gasteiger partial charge in [-0.2, -0.15) is 11.3 Å². The third-order valence-corrected chi connectivity index (χ3v) is 5.55. The molecular formula is C16H26N2S. The van der Waals surface area contributed by atoms with Crippen molar-refractivity contribution in [2.45, 2.75) is 63.6 Å². The molecule has 106 valence electrons. The molecule has 2 saturated carbocycles. The Hall–Kier alpha value is -0.380. The molecule has 1 unspecified atom stereocenters. The summed E-state index contributed by atoms with van der Waals surface area (Å²) in [6.45, 7) is 1.96. The number of thiophene rings is 1. The molecule has 0 radical (unpaired) electrons. The van der Waals surface area contributed by atoms with Crippen LogP contribution in [-0.4, -0.2) is 23.5 Å². The zero-order valence-corrected chi connectivity index (χ0v) is 12.6. The molecule has 0 saturated heterocycles. The Labute approximate surface area is 121 Å². The lowest BCUT2D eigenvalue weighted by molar-refractivity contribution is 0.107. The van der Waals surface area contributed by atoms with E-state index in [1.165, 1.54) is 50.5 Å². The number of hydrogen-bond acceptors (Lipinski definition) is 3. The average Bonchev–Trinajstić information content (AvgIpc) is 3.17. The minimum Gasteiger partial charge on any atom is -0.329 e. The molecule has 2 nitrogen and oxygen atoms in total. The van der Waals surface area contributed by atoms with Crippen LogP contribution in [-0.2, 0) is 6.54 Å². The molecule has 2 aliphatic carbocycles. The quantitative estimate of drug-likeness (QED) is 0.861. The van der Waals surface area contributed by atoms with Crippen molar-refractivity contribution in [3.05, 3.63) is 22.4 Å². The first kappa shape index (κ1) is 13.6. The molecule has 19 heavy (non-hydrogen) atoms. The number of nitrogens with zero attached hydrogens (tertiary/aromatic N) is 1. The van der Waals surface area contributed by atoms with E-state index in [1.54, 1.807) is 0 Å². The topological polar surface area (TPSA) is 29.3 Å². The van der Waals surface area contributed by atoms with Crippen LogP contribution in [0, 0.1) is 5.92 Å². The molecule has 1 atom stereocenters. The van der Waals surface area contributed by atoms with Crippen LogP contribution in [0.4, 0.5) is 0 Å². The summed E-state index contributed by atoms with van der Waals surface area (Å²) in [6, 6.07) is 3.71. The van der Waals surface area contributed by atoms with Gasteiger partial charge in [-0.15, -0.1) is 0 Å². The van der Waals surface area contributed by atoms with Crippen LogP contribution >= 0.6 is 11.3 Å². The van der Waals surface area contributed by atoms with Gasteiger partial charge in [0.05, 0.1) is 0 Å². The predicted molar refractivity (Wildman–Crippen MR) is 82.3 cm³/mol. The molecule has 2 N–H and O–H groups in total. The van der Waals surface area contributed by atoms with E-state index in [9.17, 15) is 0 Å². The molecule has 1 aromatic heterocycles. The van der Waals surface area contributed by atoms with Gasteiger partial charge in [0, 0.05) is 25.2 Å². The lowest BCUT2D eigenvalue weighted by atomic mass is 9.83. The minimum atomic E-state index is 0.618. The molecule has 0 spiro atoms. The maximum Gasteiger partial charge on any atom is 0.0253 e. The van der Waals surface area contributed by atoms with Crippen LogP contribution in [0.2, 0.25) is 0 Å². The van der Waals surface area contributed by atoms with Gasteiger partial charge in [-0.05, 0) is 54.0 Å². The molecule has 1 heterocycles. The maximum absolute atomic E-state index is 6.16. The summed E-state index contributed by atoms with van der Waals surface area (Å²) < 4.78 is 0. The van der Waals surface area contributed by atoms with Crippen molar-refractivity contribution in [3.63, 3.8) is 0 Å². The first-order chi connectivity index (χ1) is 9.38. The second-order valence-corrected chi connectivity index (χ2v) is 7.02. The number of nitrogens with two attached hydrogens (primary N) is 1. The van der Waals surface area contributed by atoms with E-state index in [2.05, 4.69) is 21.7 Å². The van der Waals surface area contributed by atoms with Gasteiger partial charge in [-0.1, -0.05) is 19.3 Å². The van der Waals surface area contributed by atoms with Crippen molar-refractivity contribution >= 4 is 11.3 Å². The molecule has 0 amide bonds. The number of rotatable bonds is 6. The summed E-state index contributed by atoms with van der Waals surface area (Å²) in [5.74, 6) is 0.845. The standard InChI is InChI=1S/C16H26N2S/c17-10-16(14-4-2-1-3-5-14)18(15-6-7-15)11-13-8-9-19-12-13/h8-9,12,14-16H,1-7,10-11,17H2. The number of hydrogen-bond donors (Lipinski definition) is 1. The van der Waals surface area contributed by atoms with Gasteiger partial charge in [0.15, 0.2) is 0 Å². The van der Waals surface area contributed by atoms with Crippen molar-refractivity contribution in [1.29, 1.82) is 0 Å². The van der Waals surface area contributed by atoms with E-state index < -0.39 is 0 Å². The zero-order chi connectivity index (χ0) is 13.1. The summed E-state index contributed by atoms with van der Waals surface area (Å²) in [6.07, 6.45) is 9.82. The minimum absolute atomic E-state index is 0.618. The highest BCUT2D eigenvalue weighted by atomic mass is 32.1. The molecule has 3 rings (SSSR count). The highest BCUT2D eigenvalue weighted by molar-refractivity contribution is 7.07. The van der Waals surface area contributed by atoms with E-state index in [0.29, 0.717) is 6.04 Å². The Bertz CT molecular complexity index is 366. The lowest BCUT2D eigenvalue weighted by Gasteiger charge is -2.38. The smallest absolute Gasteiger partial charge is 0.0253 e. The van der Waals surface area contributed by atoms with Crippen molar-refractivity contribution in [2.24, 2.45) is 11.7 Å². The molecular weight excluding hydrogens is 252 g/mol. The average molecular weight is 278 g/mol. The van der Waals surface area contributed by atoms with Crippen LogP contribution in [0.5, 0.6) is 0 Å². The van der Waals surface area contributed by atoms with Crippen molar-refractivity contribution in [3.8, 4) is 0 Å². The van der Waals surface area contributed by atoms with Gasteiger partial charge in [0.1, 0.15) is 0 Å². The fourth-order valence-electron chi connectivity index (χ4n) is 3.63. The van der Waals surface area contributed by atoms with Gasteiger partial charge in [0.25, 0.3) is 0 Å². The van der Waals surface area contributed by atoms with E-state index in [1.807, 2.05) is 11.3 Å². The molecule has 3 heteroatoms. The Morgan fingerprint density at radius 1 is 1.21 bits per heavy atom. The van der Waals surface area contributed by atoms with Crippen molar-refractivity contribution < 1.29 is 0 Å². The molecule has 2 aliphatic rings. The third-order valence-electron chi connectivity index (χ3n) is 4.82. The van der Waals surface area contributed by atoms with Gasteiger partial charge >= 0.3 is 0 Å². The summed E-state index contributed by atoms with van der Waals surface area (Å²) >= 11 is 1.81. The second-order valence-electron chi connectivity index (χ2n) is 6.24. The highest BCUT2D eigenvalue weighted by Gasteiger charge is 2.37. The van der Waals surface area contributed by atoms with Crippen LogP contribution in [0.15, 0.2) is 16.8 Å². The summed E-state index contributed by atoms with van der Waals surface area (Å²) in [5.41, 5.74) is 7.64. The SMILES string of the molecule is NCC(C1CCCCC1)N(Cc1ccsc1)C1CC1. The normalized spacial score (nSPS) is 22.8. The Morgan fingerprint density at radius 3 is 2.58 bits per heavy atom. The molecule has 0 aliphatic heterocycles. The Morgan fingerprint density at radius 2 is 2.00 bits per heavy atom. The first-order valence-corrected chi connectivity index (χ1v) is 8.79. The van der Waals surface area contributed by atoms with E-state index in [4.69, 9.17) is 5.73 Å². The van der Waals surface area contributed by atoms with Gasteiger partial charge < -0.3 is 5.73 Å². The summed E-state index contributed by atoms with van der Waals surface area (Å²) in [4.78, 5) is 2.73. The van der Waals surface area contributed by atoms with Crippen LogP contribution < -0.4 is 5.73 Å². The molecule has 0 bridgehead atoms. The second kappa shape index (κ2) is 6.38. The van der Waals surface area contributed by atoms with E-state index >= 15 is 0 Å². The first-order valence-electron chi connectivity index (χ1n) is 7.85. The largest absolute Gasteiger partial charge is 0.329 e. The molecule has 0 aromatic carbocycles. The highest BCUT2D eigenvalue weighted by Crippen LogP contribution is 2.36. The fourth-order valence-corrected chi connectivity index (χ4v) is 4.29. The summed E-state index contributed by atoms with van der Waals surface area (Å²) in [7, 11) is 0. The van der Waals surface area contributed by atoms with E-state index in [-0.39, 0.29) is 0 Å². The molecule has 2 fully saturated rings. The Kier molecular flexibility index (Phi) is 4.57. The monoisotopic (exact) mass is 278 g/mol. The van der Waals surface area contributed by atoms with Gasteiger partial charge in [-0.3, -0.25) is 4.90 Å². The molecule has 1 aromatic rings. The zero-order valence-electron chi connectivity index (χ0n) is 11.8. The fraction of sp³-hybridized carbons (Fsp3) is 0.750. The lowest BCUT2D eigenvalue weighted by Crippen LogP contribution is -2.47.